The molecule has 0 spiro atoms. The Bertz CT molecular complexity index is 404. The van der Waals surface area contributed by atoms with E-state index in [1.165, 1.54) is 55.7 Å². The zero-order valence-corrected chi connectivity index (χ0v) is 11.0. The number of hydrogen-bond acceptors (Lipinski definition) is 2. The first-order valence-corrected chi connectivity index (χ1v) is 7.05. The van der Waals surface area contributed by atoms with E-state index in [2.05, 4.69) is 23.7 Å². The lowest BCUT2D eigenvalue weighted by molar-refractivity contribution is 0.463. The van der Waals surface area contributed by atoms with Crippen molar-refractivity contribution >= 4 is 0 Å². The summed E-state index contributed by atoms with van der Waals surface area (Å²) < 4.78 is 2.48. The zero-order chi connectivity index (χ0) is 11.8. The molecule has 3 heteroatoms. The molecule has 3 rings (SSSR count). The second-order valence-corrected chi connectivity index (χ2v) is 5.66. The number of hydrogen-bond donors (Lipinski definition) is 1. The van der Waals surface area contributed by atoms with Gasteiger partial charge >= 0.3 is 0 Å². The molecule has 0 aromatic carbocycles. The van der Waals surface area contributed by atoms with Crippen LogP contribution in [0.1, 0.15) is 55.9 Å². The van der Waals surface area contributed by atoms with Crippen LogP contribution < -0.4 is 5.32 Å². The molecule has 0 amide bonds. The Morgan fingerprint density at radius 2 is 2.12 bits per heavy atom. The zero-order valence-electron chi connectivity index (χ0n) is 11.0. The summed E-state index contributed by atoms with van der Waals surface area (Å²) in [6, 6.07) is 1.35. The van der Waals surface area contributed by atoms with Gasteiger partial charge in [-0.25, -0.2) is 4.98 Å². The molecule has 1 heterocycles. The fraction of sp³-hybridized carbons (Fsp3) is 0.786. The van der Waals surface area contributed by atoms with Gasteiger partial charge in [0.1, 0.15) is 5.82 Å². The number of fused-ring (bicyclic) bond motifs is 1. The first-order valence-electron chi connectivity index (χ1n) is 7.05. The third-order valence-electron chi connectivity index (χ3n) is 4.07. The third kappa shape index (κ3) is 2.25. The third-order valence-corrected chi connectivity index (χ3v) is 4.07. The lowest BCUT2D eigenvalue weighted by atomic mass is 10.0. The molecule has 0 bridgehead atoms. The Labute approximate surface area is 104 Å². The van der Waals surface area contributed by atoms with E-state index in [4.69, 9.17) is 4.98 Å². The molecule has 1 unspecified atom stereocenters. The Hall–Kier alpha value is -0.830. The molecule has 1 saturated carbocycles. The Morgan fingerprint density at radius 1 is 1.35 bits per heavy atom. The van der Waals surface area contributed by atoms with Gasteiger partial charge in [0.05, 0.1) is 5.69 Å². The summed E-state index contributed by atoms with van der Waals surface area (Å²) >= 11 is 0. The van der Waals surface area contributed by atoms with Crippen LogP contribution >= 0.6 is 0 Å². The SMILES string of the molecule is Cc1nc2c(n1C(C)CNC1CC1)CCCC2. The van der Waals surface area contributed by atoms with Gasteiger partial charge in [-0.3, -0.25) is 0 Å². The van der Waals surface area contributed by atoms with Gasteiger partial charge in [-0.05, 0) is 52.4 Å². The van der Waals surface area contributed by atoms with E-state index in [-0.39, 0.29) is 0 Å². The first kappa shape index (κ1) is 11.3. The molecule has 1 atom stereocenters. The largest absolute Gasteiger partial charge is 0.328 e. The van der Waals surface area contributed by atoms with E-state index in [0.29, 0.717) is 6.04 Å². The van der Waals surface area contributed by atoms with Crippen LogP contribution in [0.4, 0.5) is 0 Å². The van der Waals surface area contributed by atoms with Crippen LogP contribution in [0.15, 0.2) is 0 Å². The minimum Gasteiger partial charge on any atom is -0.328 e. The van der Waals surface area contributed by atoms with E-state index in [1.807, 2.05) is 0 Å². The molecule has 0 radical (unpaired) electrons. The summed E-state index contributed by atoms with van der Waals surface area (Å²) in [4.78, 5) is 4.75. The van der Waals surface area contributed by atoms with Crippen molar-refractivity contribution in [3.63, 3.8) is 0 Å². The highest BCUT2D eigenvalue weighted by atomic mass is 15.1. The molecule has 0 saturated heterocycles. The Balaban J connectivity index is 1.77. The van der Waals surface area contributed by atoms with Crippen molar-refractivity contribution in [3.8, 4) is 0 Å². The topological polar surface area (TPSA) is 29.9 Å². The monoisotopic (exact) mass is 233 g/mol. The van der Waals surface area contributed by atoms with Crippen molar-refractivity contribution in [1.82, 2.24) is 14.9 Å². The minimum absolute atomic E-state index is 0.546. The minimum atomic E-state index is 0.546. The van der Waals surface area contributed by atoms with Gasteiger partial charge in [0, 0.05) is 24.3 Å². The van der Waals surface area contributed by atoms with Crippen LogP contribution in [-0.4, -0.2) is 22.1 Å². The average molecular weight is 233 g/mol. The van der Waals surface area contributed by atoms with Gasteiger partial charge in [0.15, 0.2) is 0 Å². The van der Waals surface area contributed by atoms with Crippen LogP contribution in [0.25, 0.3) is 0 Å². The fourth-order valence-electron chi connectivity index (χ4n) is 3.00. The molecule has 1 aromatic heterocycles. The van der Waals surface area contributed by atoms with Gasteiger partial charge < -0.3 is 9.88 Å². The normalized spacial score (nSPS) is 21.3. The van der Waals surface area contributed by atoms with Crippen LogP contribution in [0.2, 0.25) is 0 Å². The van der Waals surface area contributed by atoms with E-state index in [9.17, 15) is 0 Å². The van der Waals surface area contributed by atoms with E-state index < -0.39 is 0 Å². The maximum absolute atomic E-state index is 4.75. The van der Waals surface area contributed by atoms with Crippen molar-refractivity contribution in [3.05, 3.63) is 17.2 Å². The van der Waals surface area contributed by atoms with Gasteiger partial charge in [-0.2, -0.15) is 0 Å². The quantitative estimate of drug-likeness (QED) is 0.865. The fourth-order valence-corrected chi connectivity index (χ4v) is 3.00. The average Bonchev–Trinajstić information content (AvgIpc) is 3.07. The number of nitrogens with zero attached hydrogens (tertiary/aromatic N) is 2. The molecule has 1 aromatic rings. The second-order valence-electron chi connectivity index (χ2n) is 5.66. The van der Waals surface area contributed by atoms with Crippen LogP contribution in [-0.2, 0) is 12.8 Å². The van der Waals surface area contributed by atoms with Gasteiger partial charge in [-0.15, -0.1) is 0 Å². The molecule has 1 fully saturated rings. The summed E-state index contributed by atoms with van der Waals surface area (Å²) in [6.45, 7) is 5.57. The molecule has 0 aliphatic heterocycles. The van der Waals surface area contributed by atoms with Crippen LogP contribution in [0.3, 0.4) is 0 Å². The van der Waals surface area contributed by atoms with Crippen LogP contribution in [0.5, 0.6) is 0 Å². The first-order chi connectivity index (χ1) is 8.25. The molecule has 3 nitrogen and oxygen atoms in total. The molecule has 1 N–H and O–H groups in total. The lowest BCUT2D eigenvalue weighted by Crippen LogP contribution is -2.27. The Kier molecular flexibility index (Phi) is 2.95. The van der Waals surface area contributed by atoms with Crippen molar-refractivity contribution in [2.75, 3.05) is 6.54 Å². The molecule has 17 heavy (non-hydrogen) atoms. The van der Waals surface area contributed by atoms with Crippen molar-refractivity contribution in [1.29, 1.82) is 0 Å². The highest BCUT2D eigenvalue weighted by Crippen LogP contribution is 2.26. The maximum atomic E-state index is 4.75. The predicted molar refractivity (Wildman–Crippen MR) is 69.3 cm³/mol. The van der Waals surface area contributed by atoms with Crippen molar-refractivity contribution in [2.24, 2.45) is 0 Å². The number of rotatable bonds is 4. The second kappa shape index (κ2) is 4.45. The van der Waals surface area contributed by atoms with Gasteiger partial charge in [-0.1, -0.05) is 0 Å². The summed E-state index contributed by atoms with van der Waals surface area (Å²) in [5.74, 6) is 1.21. The van der Waals surface area contributed by atoms with Crippen molar-refractivity contribution < 1.29 is 0 Å². The summed E-state index contributed by atoms with van der Waals surface area (Å²) in [5, 5.41) is 3.63. The predicted octanol–water partition coefficient (Wildman–Crippen LogP) is 2.38. The van der Waals surface area contributed by atoms with Crippen LogP contribution in [0, 0.1) is 6.92 Å². The summed E-state index contributed by atoms with van der Waals surface area (Å²) in [7, 11) is 0. The lowest BCUT2D eigenvalue weighted by Gasteiger charge is -2.21. The maximum Gasteiger partial charge on any atom is 0.106 e. The molecular weight excluding hydrogens is 210 g/mol. The highest BCUT2D eigenvalue weighted by molar-refractivity contribution is 5.20. The van der Waals surface area contributed by atoms with E-state index in [1.54, 1.807) is 0 Å². The number of aromatic nitrogens is 2. The molecule has 2 aliphatic carbocycles. The standard InChI is InChI=1S/C14H23N3/c1-10(9-15-12-7-8-12)17-11(2)16-13-5-3-4-6-14(13)17/h10,12,15H,3-9H2,1-2H3. The highest BCUT2D eigenvalue weighted by Gasteiger charge is 2.24. The Morgan fingerprint density at radius 3 is 2.88 bits per heavy atom. The summed E-state index contributed by atoms with van der Waals surface area (Å²) in [6.07, 6.45) is 7.80. The molecule has 2 aliphatic rings. The van der Waals surface area contributed by atoms with E-state index >= 15 is 0 Å². The smallest absolute Gasteiger partial charge is 0.106 e. The van der Waals surface area contributed by atoms with Gasteiger partial charge in [0.2, 0.25) is 0 Å². The van der Waals surface area contributed by atoms with E-state index in [0.717, 1.165) is 12.6 Å². The number of imidazole rings is 1. The molecular formula is C14H23N3. The molecule has 94 valence electrons. The van der Waals surface area contributed by atoms with Gasteiger partial charge in [0.25, 0.3) is 0 Å². The number of aryl methyl sites for hydroxylation is 2. The number of nitrogens with one attached hydrogen (secondary N) is 1. The summed E-state index contributed by atoms with van der Waals surface area (Å²) in [5.41, 5.74) is 2.88. The van der Waals surface area contributed by atoms with Crippen molar-refractivity contribution in [2.45, 2.75) is 64.5 Å².